The van der Waals surface area contributed by atoms with Gasteiger partial charge in [-0.1, -0.05) is 12.1 Å². The van der Waals surface area contributed by atoms with Crippen molar-refractivity contribution in [3.8, 4) is 17.5 Å². The van der Waals surface area contributed by atoms with Crippen LogP contribution in [0.3, 0.4) is 0 Å². The number of carbonyl (C=O) groups is 2. The van der Waals surface area contributed by atoms with Gasteiger partial charge in [0.1, 0.15) is 17.9 Å². The molecule has 3 aromatic rings. The first-order valence-electron chi connectivity index (χ1n) is 10.6. The molecule has 1 aliphatic heterocycles. The minimum absolute atomic E-state index is 0.00725. The van der Waals surface area contributed by atoms with E-state index in [1.54, 1.807) is 35.5 Å². The van der Waals surface area contributed by atoms with Crippen LogP contribution in [-0.2, 0) is 4.74 Å². The molecule has 2 heterocycles. The number of nitriles is 1. The number of hydrogen-bond donors (Lipinski definition) is 0. The van der Waals surface area contributed by atoms with E-state index in [0.29, 0.717) is 41.1 Å². The van der Waals surface area contributed by atoms with Gasteiger partial charge in [-0.2, -0.15) is 20.3 Å². The number of benzene rings is 2. The number of nitrogens with zero attached hydrogens (tertiary/aromatic N) is 5. The summed E-state index contributed by atoms with van der Waals surface area (Å²) in [4.78, 5) is 28.6. The summed E-state index contributed by atoms with van der Waals surface area (Å²) >= 11 is 0. The van der Waals surface area contributed by atoms with Gasteiger partial charge in [-0.25, -0.2) is 4.79 Å². The Bertz CT molecular complexity index is 1200. The molecule has 0 spiro atoms. The van der Waals surface area contributed by atoms with Crippen molar-refractivity contribution >= 4 is 11.9 Å². The van der Waals surface area contributed by atoms with E-state index in [-0.39, 0.29) is 18.1 Å². The zero-order valence-electron chi connectivity index (χ0n) is 18.3. The highest BCUT2D eigenvalue weighted by Gasteiger charge is 2.32. The average molecular weight is 445 g/mol. The molecule has 0 unspecified atom stereocenters. The van der Waals surface area contributed by atoms with Gasteiger partial charge >= 0.3 is 5.97 Å². The Morgan fingerprint density at radius 1 is 1.12 bits per heavy atom. The van der Waals surface area contributed by atoms with Gasteiger partial charge in [0.05, 0.1) is 48.4 Å². The van der Waals surface area contributed by atoms with Crippen LogP contribution in [0.25, 0.3) is 5.69 Å². The summed E-state index contributed by atoms with van der Waals surface area (Å²) in [6.45, 7) is 2.34. The van der Waals surface area contributed by atoms with Crippen LogP contribution in [-0.4, -0.2) is 57.6 Å². The molecule has 1 amide bonds. The van der Waals surface area contributed by atoms with Gasteiger partial charge in [-0.3, -0.25) is 4.79 Å². The number of hydrogen-bond acceptors (Lipinski definition) is 7. The first-order valence-corrected chi connectivity index (χ1v) is 10.6. The Hall–Kier alpha value is -4.19. The highest BCUT2D eigenvalue weighted by molar-refractivity contribution is 5.98. The van der Waals surface area contributed by atoms with Crippen molar-refractivity contribution < 1.29 is 19.1 Å². The third-order valence-electron chi connectivity index (χ3n) is 5.69. The monoisotopic (exact) mass is 445 g/mol. The molecule has 1 aliphatic rings. The molecule has 0 aliphatic carbocycles. The summed E-state index contributed by atoms with van der Waals surface area (Å²) in [7, 11) is 1.30. The number of piperidine rings is 1. The maximum atomic E-state index is 13.5. The molecule has 0 N–H and O–H groups in total. The standard InChI is InChI=1S/C24H23N5O4/c1-16-7-10-19(33-22-13-17(24(31)32-2)8-9-18(22)14-25)15-28(16)23(30)20-5-3-4-6-21(20)29-26-11-12-27-29/h3-6,8-9,11-13,16,19H,7,10,15H2,1-2H3/t16-,19-/m1/s1. The maximum absolute atomic E-state index is 13.5. The largest absolute Gasteiger partial charge is 0.487 e. The molecule has 1 saturated heterocycles. The van der Waals surface area contributed by atoms with Crippen molar-refractivity contribution in [3.05, 3.63) is 71.5 Å². The summed E-state index contributed by atoms with van der Waals surface area (Å²) in [6, 6.07) is 13.8. The van der Waals surface area contributed by atoms with Crippen molar-refractivity contribution in [1.82, 2.24) is 19.9 Å². The van der Waals surface area contributed by atoms with Crippen LogP contribution >= 0.6 is 0 Å². The van der Waals surface area contributed by atoms with Crippen molar-refractivity contribution in [2.24, 2.45) is 0 Å². The summed E-state index contributed by atoms with van der Waals surface area (Å²) in [5.74, 6) is -0.358. The van der Waals surface area contributed by atoms with Crippen molar-refractivity contribution in [1.29, 1.82) is 5.26 Å². The van der Waals surface area contributed by atoms with Crippen LogP contribution in [0.4, 0.5) is 0 Å². The van der Waals surface area contributed by atoms with Gasteiger partial charge in [0.15, 0.2) is 0 Å². The number of likely N-dealkylation sites (tertiary alicyclic amines) is 1. The lowest BCUT2D eigenvalue weighted by Gasteiger charge is -2.38. The zero-order valence-corrected chi connectivity index (χ0v) is 18.3. The van der Waals surface area contributed by atoms with Crippen LogP contribution in [0, 0.1) is 11.3 Å². The quantitative estimate of drug-likeness (QED) is 0.555. The summed E-state index contributed by atoms with van der Waals surface area (Å²) < 4.78 is 10.9. The van der Waals surface area contributed by atoms with Crippen molar-refractivity contribution in [3.63, 3.8) is 0 Å². The first-order chi connectivity index (χ1) is 16.0. The number of para-hydroxylation sites is 1. The maximum Gasteiger partial charge on any atom is 0.337 e. The molecule has 2 aromatic carbocycles. The van der Waals surface area contributed by atoms with E-state index in [0.717, 1.165) is 6.42 Å². The third kappa shape index (κ3) is 4.55. The molecule has 2 atom stereocenters. The Morgan fingerprint density at radius 3 is 2.61 bits per heavy atom. The minimum Gasteiger partial charge on any atom is -0.487 e. The Morgan fingerprint density at radius 2 is 1.88 bits per heavy atom. The molecule has 33 heavy (non-hydrogen) atoms. The van der Waals surface area contributed by atoms with Gasteiger partial charge in [-0.05, 0) is 50.1 Å². The number of amides is 1. The number of ether oxygens (including phenoxy) is 2. The van der Waals surface area contributed by atoms with Crippen molar-refractivity contribution in [2.75, 3.05) is 13.7 Å². The molecule has 0 bridgehead atoms. The zero-order chi connectivity index (χ0) is 23.4. The van der Waals surface area contributed by atoms with Crippen LogP contribution in [0.1, 0.15) is 46.0 Å². The molecular formula is C24H23N5O4. The number of methoxy groups -OCH3 is 1. The van der Waals surface area contributed by atoms with Gasteiger partial charge in [0, 0.05) is 6.04 Å². The fourth-order valence-corrected chi connectivity index (χ4v) is 3.91. The lowest BCUT2D eigenvalue weighted by atomic mass is 9.99. The van der Waals surface area contributed by atoms with Crippen LogP contribution < -0.4 is 4.74 Å². The number of rotatable bonds is 5. The molecule has 168 valence electrons. The molecule has 1 fully saturated rings. The molecule has 9 heteroatoms. The lowest BCUT2D eigenvalue weighted by Crippen LogP contribution is -2.49. The van der Waals surface area contributed by atoms with E-state index in [1.807, 2.05) is 13.0 Å². The van der Waals surface area contributed by atoms with Crippen LogP contribution in [0.2, 0.25) is 0 Å². The van der Waals surface area contributed by atoms with E-state index in [2.05, 4.69) is 16.3 Å². The van der Waals surface area contributed by atoms with E-state index >= 15 is 0 Å². The fraction of sp³-hybridized carbons (Fsp3) is 0.292. The molecule has 0 radical (unpaired) electrons. The summed E-state index contributed by atoms with van der Waals surface area (Å²) in [5, 5.41) is 17.8. The van der Waals surface area contributed by atoms with Crippen LogP contribution in [0.5, 0.6) is 5.75 Å². The van der Waals surface area contributed by atoms with Gasteiger partial charge in [-0.15, -0.1) is 0 Å². The third-order valence-corrected chi connectivity index (χ3v) is 5.69. The SMILES string of the molecule is COC(=O)c1ccc(C#N)c(O[C@@H]2CC[C@@H](C)N(C(=O)c3ccccc3-n3nccn3)C2)c1. The molecular weight excluding hydrogens is 422 g/mol. The predicted molar refractivity (Wildman–Crippen MR) is 118 cm³/mol. The topological polar surface area (TPSA) is 110 Å². The Labute approximate surface area is 191 Å². The summed E-state index contributed by atoms with van der Waals surface area (Å²) in [5.41, 5.74) is 1.70. The number of esters is 1. The Balaban J connectivity index is 1.57. The number of aromatic nitrogens is 3. The predicted octanol–water partition coefficient (Wildman–Crippen LogP) is 3.00. The second-order valence-electron chi connectivity index (χ2n) is 7.77. The minimum atomic E-state index is -0.512. The fourth-order valence-electron chi connectivity index (χ4n) is 3.91. The highest BCUT2D eigenvalue weighted by Crippen LogP contribution is 2.28. The van der Waals surface area contributed by atoms with E-state index in [4.69, 9.17) is 9.47 Å². The molecule has 4 rings (SSSR count). The highest BCUT2D eigenvalue weighted by atomic mass is 16.5. The smallest absolute Gasteiger partial charge is 0.337 e. The lowest BCUT2D eigenvalue weighted by molar-refractivity contribution is 0.0383. The van der Waals surface area contributed by atoms with Crippen LogP contribution in [0.15, 0.2) is 54.9 Å². The summed E-state index contributed by atoms with van der Waals surface area (Å²) in [6.07, 6.45) is 4.23. The second-order valence-corrected chi connectivity index (χ2v) is 7.77. The molecule has 1 aromatic heterocycles. The Kier molecular flexibility index (Phi) is 6.36. The van der Waals surface area contributed by atoms with Gasteiger partial charge in [0.25, 0.3) is 5.91 Å². The second kappa shape index (κ2) is 9.53. The van der Waals surface area contributed by atoms with Gasteiger partial charge in [0.2, 0.25) is 0 Å². The van der Waals surface area contributed by atoms with E-state index in [1.165, 1.54) is 30.1 Å². The number of carbonyl (C=O) groups excluding carboxylic acids is 2. The molecule has 0 saturated carbocycles. The first kappa shape index (κ1) is 22.0. The van der Waals surface area contributed by atoms with Crippen molar-refractivity contribution in [2.45, 2.75) is 31.9 Å². The average Bonchev–Trinajstić information content (AvgIpc) is 3.39. The van der Waals surface area contributed by atoms with E-state index < -0.39 is 5.97 Å². The van der Waals surface area contributed by atoms with Gasteiger partial charge < -0.3 is 14.4 Å². The normalized spacial score (nSPS) is 17.8. The molecule has 9 nitrogen and oxygen atoms in total. The van der Waals surface area contributed by atoms with E-state index in [9.17, 15) is 14.9 Å².